The average molecular weight is 335 g/mol. The molecule has 1 atom stereocenters. The summed E-state index contributed by atoms with van der Waals surface area (Å²) in [6.45, 7) is 4.12. The first-order valence-electron chi connectivity index (χ1n) is 6.29. The van der Waals surface area contributed by atoms with E-state index < -0.39 is 20.6 Å². The highest BCUT2D eigenvalue weighted by atomic mass is 35.5. The third-order valence-electron chi connectivity index (χ3n) is 3.33. The SMILES string of the molecule is Cc1cc(Cl)c([N+](=O)[O-])cc1S(=O)(=O)N1CCOC[C@H]1C. The van der Waals surface area contributed by atoms with Gasteiger partial charge in [-0.2, -0.15) is 4.31 Å². The molecule has 0 spiro atoms. The molecule has 1 aromatic carbocycles. The fourth-order valence-electron chi connectivity index (χ4n) is 2.26. The van der Waals surface area contributed by atoms with Crippen LogP contribution in [0.3, 0.4) is 0 Å². The van der Waals surface area contributed by atoms with Gasteiger partial charge in [-0.05, 0) is 25.5 Å². The number of ether oxygens (including phenoxy) is 1. The Kier molecular flexibility index (Phi) is 4.52. The van der Waals surface area contributed by atoms with Crippen LogP contribution in [-0.2, 0) is 14.8 Å². The minimum atomic E-state index is -3.82. The molecule has 0 aliphatic carbocycles. The summed E-state index contributed by atoms with van der Waals surface area (Å²) in [4.78, 5) is 10.2. The number of halogens is 1. The molecule has 0 bridgehead atoms. The normalized spacial score (nSPS) is 20.4. The Bertz CT molecular complexity index is 676. The minimum Gasteiger partial charge on any atom is -0.378 e. The Morgan fingerprint density at radius 3 is 2.71 bits per heavy atom. The molecule has 7 nitrogen and oxygen atoms in total. The lowest BCUT2D eigenvalue weighted by Crippen LogP contribution is -2.47. The standard InChI is InChI=1S/C12H15ClN2O5S/c1-8-5-10(13)11(15(16)17)6-12(8)21(18,19)14-3-4-20-7-9(14)2/h5-6,9H,3-4,7H2,1-2H3/t9-/m1/s1. The van der Waals surface area contributed by atoms with Crippen LogP contribution in [0.25, 0.3) is 0 Å². The maximum Gasteiger partial charge on any atom is 0.289 e. The fourth-order valence-corrected chi connectivity index (χ4v) is 4.37. The molecule has 1 aromatic rings. The summed E-state index contributed by atoms with van der Waals surface area (Å²) < 4.78 is 31.9. The summed E-state index contributed by atoms with van der Waals surface area (Å²) in [6, 6.07) is 2.00. The zero-order valence-electron chi connectivity index (χ0n) is 11.6. The fraction of sp³-hybridized carbons (Fsp3) is 0.500. The van der Waals surface area contributed by atoms with Crippen molar-refractivity contribution in [1.82, 2.24) is 4.31 Å². The molecule has 0 aromatic heterocycles. The van der Waals surface area contributed by atoms with Gasteiger partial charge in [-0.15, -0.1) is 0 Å². The summed E-state index contributed by atoms with van der Waals surface area (Å²) in [6.07, 6.45) is 0. The number of benzene rings is 1. The number of morpholine rings is 1. The quantitative estimate of drug-likeness (QED) is 0.622. The van der Waals surface area contributed by atoms with Crippen LogP contribution in [0.1, 0.15) is 12.5 Å². The van der Waals surface area contributed by atoms with Gasteiger partial charge in [0.2, 0.25) is 10.0 Å². The van der Waals surface area contributed by atoms with E-state index in [-0.39, 0.29) is 22.5 Å². The number of hydrogen-bond donors (Lipinski definition) is 0. The Morgan fingerprint density at radius 1 is 1.48 bits per heavy atom. The second-order valence-electron chi connectivity index (χ2n) is 4.87. The molecular weight excluding hydrogens is 320 g/mol. The molecule has 1 aliphatic heterocycles. The van der Waals surface area contributed by atoms with Gasteiger partial charge in [-0.3, -0.25) is 10.1 Å². The van der Waals surface area contributed by atoms with E-state index in [1.807, 2.05) is 0 Å². The van der Waals surface area contributed by atoms with Gasteiger partial charge in [0.15, 0.2) is 0 Å². The van der Waals surface area contributed by atoms with E-state index in [1.165, 1.54) is 10.4 Å². The van der Waals surface area contributed by atoms with Gasteiger partial charge in [0, 0.05) is 18.7 Å². The van der Waals surface area contributed by atoms with Gasteiger partial charge in [-0.1, -0.05) is 11.6 Å². The number of hydrogen-bond acceptors (Lipinski definition) is 5. The number of rotatable bonds is 3. The van der Waals surface area contributed by atoms with Gasteiger partial charge in [0.25, 0.3) is 5.69 Å². The van der Waals surface area contributed by atoms with Gasteiger partial charge >= 0.3 is 0 Å². The first-order chi connectivity index (χ1) is 9.75. The predicted octanol–water partition coefficient (Wildman–Crippen LogP) is 1.97. The monoisotopic (exact) mass is 334 g/mol. The van der Waals surface area contributed by atoms with Crippen LogP contribution in [0.2, 0.25) is 5.02 Å². The maximum absolute atomic E-state index is 12.7. The molecular formula is C12H15ClN2O5S. The van der Waals surface area contributed by atoms with Crippen molar-refractivity contribution < 1.29 is 18.1 Å². The minimum absolute atomic E-state index is 0.0773. The molecule has 116 valence electrons. The van der Waals surface area contributed by atoms with Crippen LogP contribution in [0.15, 0.2) is 17.0 Å². The number of aryl methyl sites for hydroxylation is 1. The van der Waals surface area contributed by atoms with E-state index in [2.05, 4.69) is 0 Å². The van der Waals surface area contributed by atoms with E-state index >= 15 is 0 Å². The third kappa shape index (κ3) is 3.03. The topological polar surface area (TPSA) is 89.8 Å². The summed E-state index contributed by atoms with van der Waals surface area (Å²) in [5, 5.41) is 10.9. The molecule has 1 heterocycles. The molecule has 0 N–H and O–H groups in total. The van der Waals surface area contributed by atoms with Gasteiger partial charge in [0.05, 0.1) is 23.0 Å². The Hall–Kier alpha value is -1.22. The summed E-state index contributed by atoms with van der Waals surface area (Å²) in [5.41, 5.74) is -0.0361. The van der Waals surface area contributed by atoms with Crippen LogP contribution < -0.4 is 0 Å². The van der Waals surface area contributed by atoms with Crippen molar-refractivity contribution in [3.05, 3.63) is 32.8 Å². The van der Waals surface area contributed by atoms with Crippen LogP contribution in [0, 0.1) is 17.0 Å². The second-order valence-corrected chi connectivity index (χ2v) is 7.13. The van der Waals surface area contributed by atoms with Crippen molar-refractivity contribution in [2.45, 2.75) is 24.8 Å². The maximum atomic E-state index is 12.7. The molecule has 0 unspecified atom stereocenters. The van der Waals surface area contributed by atoms with Crippen LogP contribution in [0.5, 0.6) is 0 Å². The summed E-state index contributed by atoms with van der Waals surface area (Å²) in [7, 11) is -3.82. The van der Waals surface area contributed by atoms with E-state index in [0.29, 0.717) is 18.8 Å². The molecule has 1 aliphatic rings. The van der Waals surface area contributed by atoms with E-state index in [9.17, 15) is 18.5 Å². The van der Waals surface area contributed by atoms with Crippen molar-refractivity contribution in [3.8, 4) is 0 Å². The second kappa shape index (κ2) is 5.88. The first-order valence-corrected chi connectivity index (χ1v) is 8.11. The summed E-state index contributed by atoms with van der Waals surface area (Å²) in [5.74, 6) is 0. The number of sulfonamides is 1. The molecule has 1 saturated heterocycles. The van der Waals surface area contributed by atoms with E-state index in [4.69, 9.17) is 16.3 Å². The van der Waals surface area contributed by atoms with Crippen molar-refractivity contribution in [2.24, 2.45) is 0 Å². The van der Waals surface area contributed by atoms with Crippen molar-refractivity contribution in [3.63, 3.8) is 0 Å². The Balaban J connectivity index is 2.54. The molecule has 0 saturated carbocycles. The molecule has 2 rings (SSSR count). The number of nitro groups is 1. The summed E-state index contributed by atoms with van der Waals surface area (Å²) >= 11 is 5.79. The smallest absolute Gasteiger partial charge is 0.289 e. The zero-order chi connectivity index (χ0) is 15.8. The van der Waals surface area contributed by atoms with Gasteiger partial charge < -0.3 is 4.74 Å². The average Bonchev–Trinajstić information content (AvgIpc) is 2.38. The lowest BCUT2D eigenvalue weighted by Gasteiger charge is -2.32. The lowest BCUT2D eigenvalue weighted by atomic mass is 10.2. The number of nitro benzene ring substituents is 1. The highest BCUT2D eigenvalue weighted by molar-refractivity contribution is 7.89. The molecule has 21 heavy (non-hydrogen) atoms. The highest BCUT2D eigenvalue weighted by Crippen LogP contribution is 2.32. The molecule has 9 heteroatoms. The highest BCUT2D eigenvalue weighted by Gasteiger charge is 2.34. The molecule has 1 fully saturated rings. The van der Waals surface area contributed by atoms with Gasteiger partial charge in [-0.25, -0.2) is 8.42 Å². The van der Waals surface area contributed by atoms with Crippen molar-refractivity contribution in [2.75, 3.05) is 19.8 Å². The van der Waals surface area contributed by atoms with E-state index in [0.717, 1.165) is 6.07 Å². The van der Waals surface area contributed by atoms with Crippen molar-refractivity contribution in [1.29, 1.82) is 0 Å². The Morgan fingerprint density at radius 2 is 2.14 bits per heavy atom. The third-order valence-corrected chi connectivity index (χ3v) is 5.79. The van der Waals surface area contributed by atoms with E-state index in [1.54, 1.807) is 13.8 Å². The largest absolute Gasteiger partial charge is 0.378 e. The first kappa shape index (κ1) is 16.2. The van der Waals surface area contributed by atoms with Crippen LogP contribution >= 0.6 is 11.6 Å². The lowest BCUT2D eigenvalue weighted by molar-refractivity contribution is -0.384. The van der Waals surface area contributed by atoms with Crippen molar-refractivity contribution >= 4 is 27.3 Å². The zero-order valence-corrected chi connectivity index (χ0v) is 13.1. The molecule has 0 radical (unpaired) electrons. The Labute approximate surface area is 127 Å². The van der Waals surface area contributed by atoms with Crippen LogP contribution in [-0.4, -0.2) is 43.4 Å². The van der Waals surface area contributed by atoms with Crippen LogP contribution in [0.4, 0.5) is 5.69 Å². The predicted molar refractivity (Wildman–Crippen MR) is 77.0 cm³/mol. The number of nitrogens with zero attached hydrogens (tertiary/aromatic N) is 2. The van der Waals surface area contributed by atoms with Gasteiger partial charge in [0.1, 0.15) is 5.02 Å². The molecule has 0 amide bonds.